The Bertz CT molecular complexity index is 1410. The second kappa shape index (κ2) is 10.3. The third kappa shape index (κ3) is 5.45. The summed E-state index contributed by atoms with van der Waals surface area (Å²) >= 11 is 0. The first-order chi connectivity index (χ1) is 19.2. The number of halogens is 4. The smallest absolute Gasteiger partial charge is 0.273 e. The molecule has 2 aromatic heterocycles. The van der Waals surface area contributed by atoms with Crippen LogP contribution < -0.4 is 10.6 Å². The lowest BCUT2D eigenvalue weighted by molar-refractivity contribution is -0.128. The predicted molar refractivity (Wildman–Crippen MR) is 134 cm³/mol. The molecular formula is C28H27F4N5O3. The Hall–Kier alpha value is -3.80. The summed E-state index contributed by atoms with van der Waals surface area (Å²) in [6, 6.07) is 4.42. The van der Waals surface area contributed by atoms with Crippen LogP contribution in [0.2, 0.25) is 0 Å². The summed E-state index contributed by atoms with van der Waals surface area (Å²) in [5.74, 6) is -5.18. The molecule has 1 aromatic carbocycles. The first-order valence-electron chi connectivity index (χ1n) is 13.3. The molecule has 0 bridgehead atoms. The average molecular weight is 558 g/mol. The Morgan fingerprint density at radius 1 is 1.02 bits per heavy atom. The van der Waals surface area contributed by atoms with E-state index in [9.17, 15) is 27.2 Å². The van der Waals surface area contributed by atoms with Gasteiger partial charge in [-0.2, -0.15) is 0 Å². The number of rotatable bonds is 8. The van der Waals surface area contributed by atoms with Crippen LogP contribution >= 0.6 is 0 Å². The quantitative estimate of drug-likeness (QED) is 0.408. The molecule has 2 amide bonds. The van der Waals surface area contributed by atoms with Crippen molar-refractivity contribution in [1.29, 1.82) is 0 Å². The molecule has 0 spiro atoms. The van der Waals surface area contributed by atoms with Gasteiger partial charge in [0, 0.05) is 43.9 Å². The van der Waals surface area contributed by atoms with E-state index < -0.39 is 52.2 Å². The maximum atomic E-state index is 14.2. The lowest BCUT2D eigenvalue weighted by Crippen LogP contribution is -2.57. The minimum atomic E-state index is -1.19. The van der Waals surface area contributed by atoms with Gasteiger partial charge in [0.1, 0.15) is 23.3 Å². The lowest BCUT2D eigenvalue weighted by atomic mass is 9.90. The number of pyridine rings is 1. The molecule has 8 nitrogen and oxygen atoms in total. The molecule has 6 rings (SSSR count). The zero-order valence-corrected chi connectivity index (χ0v) is 21.4. The Morgan fingerprint density at radius 2 is 1.77 bits per heavy atom. The Morgan fingerprint density at radius 3 is 2.42 bits per heavy atom. The molecule has 2 N–H and O–H groups in total. The largest absolute Gasteiger partial charge is 0.355 e. The molecule has 1 saturated heterocycles. The summed E-state index contributed by atoms with van der Waals surface area (Å²) in [4.78, 5) is 33.1. The van der Waals surface area contributed by atoms with Crippen molar-refractivity contribution < 1.29 is 31.7 Å². The van der Waals surface area contributed by atoms with Crippen molar-refractivity contribution in [3.63, 3.8) is 0 Å². The maximum Gasteiger partial charge on any atom is 0.273 e. The summed E-state index contributed by atoms with van der Waals surface area (Å²) in [5, 5.41) is 9.60. The molecule has 2 atom stereocenters. The molecular weight excluding hydrogens is 530 g/mol. The Labute approximate surface area is 227 Å². The van der Waals surface area contributed by atoms with Crippen LogP contribution in [0.1, 0.15) is 48.3 Å². The van der Waals surface area contributed by atoms with Gasteiger partial charge in [-0.1, -0.05) is 5.16 Å². The monoisotopic (exact) mass is 557 g/mol. The topological polar surface area (TPSA) is 100 Å². The standard InChI is InChI=1S/C28H27F4N5O3/c29-16-3-4-24(33-12-16)28(6-7-28)35-26(38)18-14-37(13-15-1-2-15)8-5-21(18)34-27(39)22-11-23(40-36-22)25-19(31)9-17(30)10-20(25)32/h3-4,9-12,15,18,21H,1-2,5-8,13-14H2,(H,34,39)(H,35,38)/t18-,21-/m1/s1. The van der Waals surface area contributed by atoms with E-state index in [4.69, 9.17) is 4.52 Å². The molecule has 2 aliphatic carbocycles. The van der Waals surface area contributed by atoms with Crippen molar-refractivity contribution in [2.24, 2.45) is 11.8 Å². The van der Waals surface area contributed by atoms with E-state index in [2.05, 4.69) is 25.7 Å². The number of carbonyl (C=O) groups is 2. The molecule has 3 aliphatic rings. The lowest BCUT2D eigenvalue weighted by Gasteiger charge is -2.38. The number of hydrogen-bond donors (Lipinski definition) is 2. The second-order valence-corrected chi connectivity index (χ2v) is 10.9. The fourth-order valence-electron chi connectivity index (χ4n) is 5.37. The number of aromatic nitrogens is 2. The van der Waals surface area contributed by atoms with Crippen LogP contribution in [0.15, 0.2) is 41.1 Å². The first-order valence-corrected chi connectivity index (χ1v) is 13.3. The van der Waals surface area contributed by atoms with Gasteiger partial charge in [-0.3, -0.25) is 14.6 Å². The minimum Gasteiger partial charge on any atom is -0.355 e. The second-order valence-electron chi connectivity index (χ2n) is 10.9. The molecule has 3 aromatic rings. The van der Waals surface area contributed by atoms with E-state index in [0.717, 1.165) is 31.6 Å². The van der Waals surface area contributed by atoms with Gasteiger partial charge in [0.2, 0.25) is 5.91 Å². The van der Waals surface area contributed by atoms with Crippen molar-refractivity contribution in [3.05, 3.63) is 71.2 Å². The summed E-state index contributed by atoms with van der Waals surface area (Å²) in [5.41, 5.74) is -0.943. The molecule has 0 unspecified atom stereocenters. The summed E-state index contributed by atoms with van der Waals surface area (Å²) in [6.45, 7) is 2.01. The third-order valence-corrected chi connectivity index (χ3v) is 7.89. The van der Waals surface area contributed by atoms with E-state index in [-0.39, 0.29) is 17.4 Å². The van der Waals surface area contributed by atoms with Crippen molar-refractivity contribution in [1.82, 2.24) is 25.7 Å². The van der Waals surface area contributed by atoms with Gasteiger partial charge in [-0.05, 0) is 50.2 Å². The van der Waals surface area contributed by atoms with Crippen LogP contribution in [0.4, 0.5) is 17.6 Å². The number of carbonyl (C=O) groups excluding carboxylic acids is 2. The molecule has 12 heteroatoms. The minimum absolute atomic E-state index is 0.230. The van der Waals surface area contributed by atoms with Crippen LogP contribution in [0.3, 0.4) is 0 Å². The fraction of sp³-hybridized carbons (Fsp3) is 0.429. The fourth-order valence-corrected chi connectivity index (χ4v) is 5.37. The summed E-state index contributed by atoms with van der Waals surface area (Å²) in [6.07, 6.45) is 5.30. The van der Waals surface area contributed by atoms with Crippen molar-refractivity contribution in [3.8, 4) is 11.3 Å². The normalized spacial score (nSPS) is 22.1. The summed E-state index contributed by atoms with van der Waals surface area (Å²) < 4.78 is 60.1. The van der Waals surface area contributed by atoms with Crippen LogP contribution in [0.5, 0.6) is 0 Å². The number of amides is 2. The number of hydrogen-bond acceptors (Lipinski definition) is 6. The number of likely N-dealkylation sites (tertiary alicyclic amines) is 1. The summed E-state index contributed by atoms with van der Waals surface area (Å²) in [7, 11) is 0. The van der Waals surface area contributed by atoms with E-state index in [1.54, 1.807) is 6.07 Å². The van der Waals surface area contributed by atoms with Crippen LogP contribution in [-0.2, 0) is 10.3 Å². The number of benzene rings is 1. The van der Waals surface area contributed by atoms with Gasteiger partial charge in [0.05, 0.1) is 28.9 Å². The highest BCUT2D eigenvalue weighted by Crippen LogP contribution is 2.45. The van der Waals surface area contributed by atoms with Gasteiger partial charge < -0.3 is 20.1 Å². The number of nitrogens with zero attached hydrogens (tertiary/aromatic N) is 3. The van der Waals surface area contributed by atoms with Crippen molar-refractivity contribution in [2.45, 2.75) is 43.7 Å². The highest BCUT2D eigenvalue weighted by atomic mass is 19.1. The van der Waals surface area contributed by atoms with Gasteiger partial charge >= 0.3 is 0 Å². The molecule has 210 valence electrons. The predicted octanol–water partition coefficient (Wildman–Crippen LogP) is 3.93. The SMILES string of the molecule is O=C(N[C@@H]1CCN(CC2CC2)C[C@H]1C(=O)NC1(c2ccc(F)cn2)CC1)c1cc(-c2c(F)cc(F)cc2F)on1. The molecule has 2 saturated carbocycles. The first kappa shape index (κ1) is 26.4. The third-order valence-electron chi connectivity index (χ3n) is 7.89. The van der Waals surface area contributed by atoms with Crippen LogP contribution in [0, 0.1) is 35.1 Å². The van der Waals surface area contributed by atoms with Crippen LogP contribution in [-0.4, -0.2) is 52.5 Å². The van der Waals surface area contributed by atoms with E-state index in [1.807, 2.05) is 0 Å². The maximum absolute atomic E-state index is 14.2. The highest BCUT2D eigenvalue weighted by Gasteiger charge is 2.49. The van der Waals surface area contributed by atoms with Crippen LogP contribution in [0.25, 0.3) is 11.3 Å². The average Bonchev–Trinajstić information content (AvgIpc) is 3.83. The van der Waals surface area contributed by atoms with Gasteiger partial charge in [0.15, 0.2) is 11.5 Å². The molecule has 0 radical (unpaired) electrons. The van der Waals surface area contributed by atoms with Gasteiger partial charge in [-0.15, -0.1) is 0 Å². The zero-order chi connectivity index (χ0) is 28.0. The zero-order valence-electron chi connectivity index (χ0n) is 21.4. The molecule has 40 heavy (non-hydrogen) atoms. The van der Waals surface area contributed by atoms with Gasteiger partial charge in [0.25, 0.3) is 5.91 Å². The molecule has 3 heterocycles. The van der Waals surface area contributed by atoms with Crippen molar-refractivity contribution >= 4 is 11.8 Å². The number of piperidine rings is 1. The van der Waals surface area contributed by atoms with E-state index in [1.165, 1.54) is 6.07 Å². The van der Waals surface area contributed by atoms with Gasteiger partial charge in [-0.25, -0.2) is 17.6 Å². The van der Waals surface area contributed by atoms with Crippen molar-refractivity contribution in [2.75, 3.05) is 19.6 Å². The van der Waals surface area contributed by atoms with E-state index >= 15 is 0 Å². The Balaban J connectivity index is 1.18. The van der Waals surface area contributed by atoms with E-state index in [0.29, 0.717) is 56.1 Å². The molecule has 1 aliphatic heterocycles. The molecule has 3 fully saturated rings. The number of nitrogens with one attached hydrogen (secondary N) is 2. The Kier molecular flexibility index (Phi) is 6.81. The highest BCUT2D eigenvalue weighted by molar-refractivity contribution is 5.94.